The van der Waals surface area contributed by atoms with E-state index in [1.54, 1.807) is 7.11 Å². The molecule has 1 aromatic carbocycles. The average molecular weight is 243 g/mol. The van der Waals surface area contributed by atoms with Crippen molar-refractivity contribution in [1.82, 2.24) is 0 Å². The lowest BCUT2D eigenvalue weighted by atomic mass is 10.1. The summed E-state index contributed by atoms with van der Waals surface area (Å²) in [6, 6.07) is 5.83. The Bertz CT molecular complexity index is 331. The number of benzene rings is 1. The number of likely N-dealkylation sites (N-methyl/N-ethyl adjacent to an activating group) is 1. The van der Waals surface area contributed by atoms with Gasteiger partial charge in [-0.05, 0) is 18.6 Å². The van der Waals surface area contributed by atoms with E-state index in [1.807, 2.05) is 18.2 Å². The number of rotatable bonds is 6. The fourth-order valence-electron chi connectivity index (χ4n) is 1.71. The maximum Gasteiger partial charge on any atom is 0.0642 e. The number of nitrogens with zero attached hydrogens (tertiary/aromatic N) is 1. The second-order valence-corrected chi connectivity index (χ2v) is 3.93. The Hall–Kier alpha value is -0.770. The molecule has 0 aromatic heterocycles. The number of anilines is 1. The maximum atomic E-state index is 6.22. The molecule has 1 aromatic rings. The van der Waals surface area contributed by atoms with E-state index in [9.17, 15) is 0 Å². The molecule has 0 radical (unpaired) electrons. The Morgan fingerprint density at radius 3 is 2.75 bits per heavy atom. The van der Waals surface area contributed by atoms with Crippen molar-refractivity contribution in [2.45, 2.75) is 13.5 Å². The van der Waals surface area contributed by atoms with Crippen LogP contribution in [0.25, 0.3) is 0 Å². The predicted octanol–water partition coefficient (Wildman–Crippen LogP) is 2.27. The van der Waals surface area contributed by atoms with Gasteiger partial charge in [0.25, 0.3) is 0 Å². The van der Waals surface area contributed by atoms with Gasteiger partial charge >= 0.3 is 0 Å². The summed E-state index contributed by atoms with van der Waals surface area (Å²) in [5.41, 5.74) is 7.83. The summed E-state index contributed by atoms with van der Waals surface area (Å²) in [4.78, 5) is 2.19. The van der Waals surface area contributed by atoms with Gasteiger partial charge in [0.2, 0.25) is 0 Å². The molecule has 0 saturated carbocycles. The van der Waals surface area contributed by atoms with Crippen molar-refractivity contribution in [3.05, 3.63) is 28.8 Å². The van der Waals surface area contributed by atoms with E-state index < -0.39 is 0 Å². The maximum absolute atomic E-state index is 6.22. The topological polar surface area (TPSA) is 38.5 Å². The van der Waals surface area contributed by atoms with E-state index in [0.29, 0.717) is 13.2 Å². The molecule has 0 saturated heterocycles. The lowest BCUT2D eigenvalue weighted by Gasteiger charge is -2.26. The van der Waals surface area contributed by atoms with Gasteiger partial charge in [0, 0.05) is 26.7 Å². The van der Waals surface area contributed by atoms with Crippen molar-refractivity contribution in [2.24, 2.45) is 5.73 Å². The van der Waals surface area contributed by atoms with Gasteiger partial charge in [-0.25, -0.2) is 0 Å². The van der Waals surface area contributed by atoms with Crippen molar-refractivity contribution < 1.29 is 4.74 Å². The smallest absolute Gasteiger partial charge is 0.0642 e. The number of hydrogen-bond acceptors (Lipinski definition) is 3. The minimum atomic E-state index is 0.499. The van der Waals surface area contributed by atoms with E-state index in [4.69, 9.17) is 22.1 Å². The lowest BCUT2D eigenvalue weighted by molar-refractivity contribution is 0.205. The van der Waals surface area contributed by atoms with Gasteiger partial charge in [0.05, 0.1) is 17.3 Å². The minimum absolute atomic E-state index is 0.499. The first-order valence-electron chi connectivity index (χ1n) is 5.45. The third kappa shape index (κ3) is 3.11. The Kier molecular flexibility index (Phi) is 5.60. The van der Waals surface area contributed by atoms with Crippen molar-refractivity contribution >= 4 is 17.3 Å². The van der Waals surface area contributed by atoms with Crippen LogP contribution in [0.3, 0.4) is 0 Å². The molecule has 90 valence electrons. The molecule has 3 nitrogen and oxygen atoms in total. The van der Waals surface area contributed by atoms with Crippen molar-refractivity contribution in [2.75, 3.05) is 31.7 Å². The molecule has 1 rings (SSSR count). The number of nitrogens with two attached hydrogens (primary N) is 1. The summed E-state index contributed by atoms with van der Waals surface area (Å²) in [5, 5.41) is 0.751. The third-order valence-electron chi connectivity index (χ3n) is 2.55. The molecule has 0 fully saturated rings. The Morgan fingerprint density at radius 1 is 1.44 bits per heavy atom. The highest BCUT2D eigenvalue weighted by Crippen LogP contribution is 2.29. The SMILES string of the molecule is CCN(CCOC)c1c(Cl)cccc1CN. The van der Waals surface area contributed by atoms with E-state index in [2.05, 4.69) is 11.8 Å². The molecule has 0 aliphatic carbocycles. The minimum Gasteiger partial charge on any atom is -0.383 e. The quantitative estimate of drug-likeness (QED) is 0.832. The molecule has 0 bridgehead atoms. The van der Waals surface area contributed by atoms with Gasteiger partial charge in [-0.3, -0.25) is 0 Å². The number of para-hydroxylation sites is 1. The van der Waals surface area contributed by atoms with Crippen molar-refractivity contribution in [3.63, 3.8) is 0 Å². The summed E-state index contributed by atoms with van der Waals surface area (Å²) in [5.74, 6) is 0. The number of halogens is 1. The second-order valence-electron chi connectivity index (χ2n) is 3.52. The fraction of sp³-hybridized carbons (Fsp3) is 0.500. The van der Waals surface area contributed by atoms with E-state index in [1.165, 1.54) is 0 Å². The van der Waals surface area contributed by atoms with E-state index >= 15 is 0 Å². The van der Waals surface area contributed by atoms with Gasteiger partial charge in [0.15, 0.2) is 0 Å². The Morgan fingerprint density at radius 2 is 2.19 bits per heavy atom. The fourth-order valence-corrected chi connectivity index (χ4v) is 2.02. The van der Waals surface area contributed by atoms with Crippen LogP contribution in [-0.4, -0.2) is 26.8 Å². The van der Waals surface area contributed by atoms with Gasteiger partial charge in [-0.1, -0.05) is 23.7 Å². The molecule has 0 amide bonds. The summed E-state index contributed by atoms with van der Waals surface area (Å²) < 4.78 is 5.09. The molecular weight excluding hydrogens is 224 g/mol. The van der Waals surface area contributed by atoms with Gasteiger partial charge in [0.1, 0.15) is 0 Å². The monoisotopic (exact) mass is 242 g/mol. The molecule has 16 heavy (non-hydrogen) atoms. The molecule has 0 spiro atoms. The van der Waals surface area contributed by atoms with Crippen LogP contribution in [-0.2, 0) is 11.3 Å². The molecular formula is C12H19ClN2O. The molecule has 0 aliphatic rings. The van der Waals surface area contributed by atoms with Gasteiger partial charge < -0.3 is 15.4 Å². The first-order valence-corrected chi connectivity index (χ1v) is 5.83. The highest BCUT2D eigenvalue weighted by molar-refractivity contribution is 6.33. The molecule has 0 atom stereocenters. The molecule has 0 unspecified atom stereocenters. The highest BCUT2D eigenvalue weighted by atomic mass is 35.5. The predicted molar refractivity (Wildman–Crippen MR) is 69.1 cm³/mol. The first-order chi connectivity index (χ1) is 7.74. The van der Waals surface area contributed by atoms with Crippen LogP contribution in [0.1, 0.15) is 12.5 Å². The first kappa shape index (κ1) is 13.3. The standard InChI is InChI=1S/C12H19ClN2O/c1-3-15(7-8-16-2)12-10(9-14)5-4-6-11(12)13/h4-6H,3,7-9,14H2,1-2H3. The van der Waals surface area contributed by atoms with Gasteiger partial charge in [-0.2, -0.15) is 0 Å². The summed E-state index contributed by atoms with van der Waals surface area (Å²) in [6.07, 6.45) is 0. The van der Waals surface area contributed by atoms with Crippen LogP contribution < -0.4 is 10.6 Å². The van der Waals surface area contributed by atoms with Crippen LogP contribution in [0.4, 0.5) is 5.69 Å². The van der Waals surface area contributed by atoms with Gasteiger partial charge in [-0.15, -0.1) is 0 Å². The molecule has 0 aliphatic heterocycles. The number of methoxy groups -OCH3 is 1. The van der Waals surface area contributed by atoms with Crippen molar-refractivity contribution in [1.29, 1.82) is 0 Å². The zero-order chi connectivity index (χ0) is 12.0. The van der Waals surface area contributed by atoms with Crippen LogP contribution in [0.15, 0.2) is 18.2 Å². The van der Waals surface area contributed by atoms with E-state index in [-0.39, 0.29) is 0 Å². The summed E-state index contributed by atoms with van der Waals surface area (Å²) in [6.45, 7) is 4.99. The van der Waals surface area contributed by atoms with Crippen LogP contribution in [0.2, 0.25) is 5.02 Å². The van der Waals surface area contributed by atoms with Crippen molar-refractivity contribution in [3.8, 4) is 0 Å². The second kappa shape index (κ2) is 6.74. The summed E-state index contributed by atoms with van der Waals surface area (Å²) in [7, 11) is 1.70. The zero-order valence-electron chi connectivity index (χ0n) is 9.87. The Balaban J connectivity index is 2.97. The molecule has 0 heterocycles. The third-order valence-corrected chi connectivity index (χ3v) is 2.86. The number of hydrogen-bond donors (Lipinski definition) is 1. The highest BCUT2D eigenvalue weighted by Gasteiger charge is 2.12. The average Bonchev–Trinajstić information content (AvgIpc) is 2.31. The van der Waals surface area contributed by atoms with Crippen LogP contribution in [0.5, 0.6) is 0 Å². The molecule has 2 N–H and O–H groups in total. The Labute approximate surface area is 102 Å². The van der Waals surface area contributed by atoms with Crippen LogP contribution in [0, 0.1) is 0 Å². The van der Waals surface area contributed by atoms with E-state index in [0.717, 1.165) is 29.4 Å². The summed E-state index contributed by atoms with van der Waals surface area (Å²) >= 11 is 6.22. The largest absolute Gasteiger partial charge is 0.383 e. The lowest BCUT2D eigenvalue weighted by Crippen LogP contribution is -2.28. The normalized spacial score (nSPS) is 10.5. The zero-order valence-corrected chi connectivity index (χ0v) is 10.6. The number of ether oxygens (including phenoxy) is 1. The molecule has 4 heteroatoms. The van der Waals surface area contributed by atoms with Crippen LogP contribution >= 0.6 is 11.6 Å².